The molecule has 0 N–H and O–H groups in total. The molecule has 0 amide bonds. The number of hydrogen-bond acceptors (Lipinski definition) is 1. The fourth-order valence-corrected chi connectivity index (χ4v) is 2.18. The Bertz CT molecular complexity index is 370. The molecule has 0 bridgehead atoms. The SMILES string of the molecule is Fc1ccc(CC2COCCC2Cl)cc1F. The third-order valence-corrected chi connectivity index (χ3v) is 3.44. The van der Waals surface area contributed by atoms with E-state index in [-0.39, 0.29) is 11.3 Å². The Morgan fingerprint density at radius 1 is 1.31 bits per heavy atom. The quantitative estimate of drug-likeness (QED) is 0.729. The van der Waals surface area contributed by atoms with Gasteiger partial charge in [0.15, 0.2) is 11.6 Å². The highest BCUT2D eigenvalue weighted by molar-refractivity contribution is 6.20. The highest BCUT2D eigenvalue weighted by Gasteiger charge is 2.24. The molecule has 1 fully saturated rings. The first-order valence-corrected chi connectivity index (χ1v) is 5.76. The van der Waals surface area contributed by atoms with E-state index in [0.717, 1.165) is 18.1 Å². The topological polar surface area (TPSA) is 9.23 Å². The van der Waals surface area contributed by atoms with Crippen molar-refractivity contribution >= 4 is 11.6 Å². The Balaban J connectivity index is 2.05. The molecule has 1 aromatic rings. The summed E-state index contributed by atoms with van der Waals surface area (Å²) in [5.41, 5.74) is 0.764. The zero-order valence-corrected chi connectivity index (χ0v) is 9.51. The monoisotopic (exact) mass is 246 g/mol. The molecule has 1 nitrogen and oxygen atoms in total. The van der Waals surface area contributed by atoms with Crippen molar-refractivity contribution in [3.05, 3.63) is 35.4 Å². The van der Waals surface area contributed by atoms with Gasteiger partial charge in [-0.05, 0) is 30.5 Å². The van der Waals surface area contributed by atoms with Crippen LogP contribution in [0.25, 0.3) is 0 Å². The van der Waals surface area contributed by atoms with Crippen molar-refractivity contribution < 1.29 is 13.5 Å². The van der Waals surface area contributed by atoms with Gasteiger partial charge in [0.05, 0.1) is 6.61 Å². The fourth-order valence-electron chi connectivity index (χ4n) is 1.93. The average Bonchev–Trinajstić information content (AvgIpc) is 2.27. The lowest BCUT2D eigenvalue weighted by Gasteiger charge is -2.27. The van der Waals surface area contributed by atoms with E-state index in [2.05, 4.69) is 0 Å². The zero-order chi connectivity index (χ0) is 11.5. The van der Waals surface area contributed by atoms with Crippen LogP contribution in [0.15, 0.2) is 18.2 Å². The molecule has 2 rings (SSSR count). The first kappa shape index (κ1) is 11.8. The van der Waals surface area contributed by atoms with Crippen molar-refractivity contribution in [3.63, 3.8) is 0 Å². The predicted molar refractivity (Wildman–Crippen MR) is 58.6 cm³/mol. The van der Waals surface area contributed by atoms with Crippen molar-refractivity contribution in [3.8, 4) is 0 Å². The molecule has 16 heavy (non-hydrogen) atoms. The summed E-state index contributed by atoms with van der Waals surface area (Å²) < 4.78 is 31.0. The van der Waals surface area contributed by atoms with Gasteiger partial charge in [-0.3, -0.25) is 0 Å². The van der Waals surface area contributed by atoms with E-state index in [1.54, 1.807) is 6.07 Å². The first-order valence-electron chi connectivity index (χ1n) is 5.32. The number of rotatable bonds is 2. The van der Waals surface area contributed by atoms with Gasteiger partial charge in [0.25, 0.3) is 0 Å². The molecule has 2 atom stereocenters. The van der Waals surface area contributed by atoms with Crippen molar-refractivity contribution in [1.82, 2.24) is 0 Å². The smallest absolute Gasteiger partial charge is 0.159 e. The maximum atomic E-state index is 13.0. The van der Waals surface area contributed by atoms with Gasteiger partial charge in [-0.1, -0.05) is 6.07 Å². The molecular formula is C12H13ClF2O. The maximum Gasteiger partial charge on any atom is 0.159 e. The molecule has 0 spiro atoms. The molecule has 0 aromatic heterocycles. The molecule has 0 aliphatic carbocycles. The summed E-state index contributed by atoms with van der Waals surface area (Å²) in [6.45, 7) is 1.27. The number of benzene rings is 1. The van der Waals surface area contributed by atoms with Crippen molar-refractivity contribution in [2.24, 2.45) is 5.92 Å². The van der Waals surface area contributed by atoms with Crippen LogP contribution in [0.5, 0.6) is 0 Å². The van der Waals surface area contributed by atoms with Crippen LogP contribution in [-0.2, 0) is 11.2 Å². The Morgan fingerprint density at radius 3 is 2.81 bits per heavy atom. The van der Waals surface area contributed by atoms with E-state index in [4.69, 9.17) is 16.3 Å². The van der Waals surface area contributed by atoms with Gasteiger partial charge in [0.2, 0.25) is 0 Å². The highest BCUT2D eigenvalue weighted by atomic mass is 35.5. The fraction of sp³-hybridized carbons (Fsp3) is 0.500. The van der Waals surface area contributed by atoms with E-state index < -0.39 is 11.6 Å². The molecule has 1 aromatic carbocycles. The lowest BCUT2D eigenvalue weighted by molar-refractivity contribution is 0.0577. The third-order valence-electron chi connectivity index (χ3n) is 2.86. The number of ether oxygens (including phenoxy) is 1. The lowest BCUT2D eigenvalue weighted by atomic mass is 9.93. The minimum Gasteiger partial charge on any atom is -0.381 e. The Labute approximate surface area is 98.4 Å². The van der Waals surface area contributed by atoms with E-state index in [1.165, 1.54) is 6.07 Å². The predicted octanol–water partition coefficient (Wildman–Crippen LogP) is 3.15. The zero-order valence-electron chi connectivity index (χ0n) is 8.76. The summed E-state index contributed by atoms with van der Waals surface area (Å²) in [5, 5.41) is 0.0573. The summed E-state index contributed by atoms with van der Waals surface area (Å²) in [5.74, 6) is -1.44. The third kappa shape index (κ3) is 2.71. The Morgan fingerprint density at radius 2 is 2.12 bits per heavy atom. The molecule has 1 heterocycles. The van der Waals surface area contributed by atoms with E-state index in [0.29, 0.717) is 19.6 Å². The minimum absolute atomic E-state index is 0.0573. The van der Waals surface area contributed by atoms with Gasteiger partial charge < -0.3 is 4.74 Å². The van der Waals surface area contributed by atoms with Crippen LogP contribution in [0.1, 0.15) is 12.0 Å². The minimum atomic E-state index is -0.814. The van der Waals surface area contributed by atoms with Gasteiger partial charge in [0.1, 0.15) is 0 Å². The van der Waals surface area contributed by atoms with Crippen LogP contribution in [-0.4, -0.2) is 18.6 Å². The summed E-state index contributed by atoms with van der Waals surface area (Å²) >= 11 is 6.16. The second kappa shape index (κ2) is 5.11. The molecular weight excluding hydrogens is 234 g/mol. The van der Waals surface area contributed by atoms with Gasteiger partial charge in [-0.2, -0.15) is 0 Å². The lowest BCUT2D eigenvalue weighted by Crippen LogP contribution is -2.29. The molecule has 0 saturated carbocycles. The van der Waals surface area contributed by atoms with Gasteiger partial charge in [-0.15, -0.1) is 11.6 Å². The van der Waals surface area contributed by atoms with Gasteiger partial charge in [0, 0.05) is 17.9 Å². The number of alkyl halides is 1. The van der Waals surface area contributed by atoms with E-state index in [9.17, 15) is 8.78 Å². The molecule has 4 heteroatoms. The average molecular weight is 247 g/mol. The Kier molecular flexibility index (Phi) is 3.77. The standard InChI is InChI=1S/C12H13ClF2O/c13-10-3-4-16-7-9(10)5-8-1-2-11(14)12(15)6-8/h1-2,6,9-10H,3-5,7H2. The summed E-state index contributed by atoms with van der Waals surface area (Å²) in [6, 6.07) is 3.97. The molecule has 0 radical (unpaired) electrons. The van der Waals surface area contributed by atoms with Gasteiger partial charge >= 0.3 is 0 Å². The number of halogens is 3. The molecule has 88 valence electrons. The van der Waals surface area contributed by atoms with Crippen molar-refractivity contribution in [2.45, 2.75) is 18.2 Å². The first-order chi connectivity index (χ1) is 7.66. The molecule has 2 unspecified atom stereocenters. The molecule has 1 aliphatic heterocycles. The summed E-state index contributed by atoms with van der Waals surface area (Å²) in [7, 11) is 0. The second-order valence-corrected chi connectivity index (χ2v) is 4.65. The second-order valence-electron chi connectivity index (χ2n) is 4.09. The summed E-state index contributed by atoms with van der Waals surface area (Å²) in [6.07, 6.45) is 1.45. The van der Waals surface area contributed by atoms with E-state index >= 15 is 0 Å². The van der Waals surface area contributed by atoms with Crippen LogP contribution in [0.4, 0.5) is 8.78 Å². The van der Waals surface area contributed by atoms with Crippen molar-refractivity contribution in [1.29, 1.82) is 0 Å². The van der Waals surface area contributed by atoms with Crippen LogP contribution in [0.3, 0.4) is 0 Å². The van der Waals surface area contributed by atoms with Crippen LogP contribution < -0.4 is 0 Å². The summed E-state index contributed by atoms with van der Waals surface area (Å²) in [4.78, 5) is 0. The van der Waals surface area contributed by atoms with E-state index in [1.807, 2.05) is 0 Å². The van der Waals surface area contributed by atoms with Crippen LogP contribution in [0, 0.1) is 17.6 Å². The van der Waals surface area contributed by atoms with Gasteiger partial charge in [-0.25, -0.2) is 8.78 Å². The normalized spacial score (nSPS) is 25.7. The maximum absolute atomic E-state index is 13.0. The molecule has 1 aliphatic rings. The largest absolute Gasteiger partial charge is 0.381 e. The Hall–Kier alpha value is -0.670. The van der Waals surface area contributed by atoms with Crippen LogP contribution >= 0.6 is 11.6 Å². The number of hydrogen-bond donors (Lipinski definition) is 0. The van der Waals surface area contributed by atoms with Crippen molar-refractivity contribution in [2.75, 3.05) is 13.2 Å². The molecule has 1 saturated heterocycles. The highest BCUT2D eigenvalue weighted by Crippen LogP contribution is 2.24. The van der Waals surface area contributed by atoms with Crippen LogP contribution in [0.2, 0.25) is 0 Å².